The molecule has 2 N–H and O–H groups in total. The van der Waals surface area contributed by atoms with E-state index in [9.17, 15) is 23.7 Å². The van der Waals surface area contributed by atoms with E-state index in [2.05, 4.69) is 4.52 Å². The van der Waals surface area contributed by atoms with Crippen LogP contribution in [-0.4, -0.2) is 71.0 Å². The molecule has 5 atom stereocenters. The molecule has 0 aromatic rings. The number of ether oxygens (including phenoxy) is 5. The summed E-state index contributed by atoms with van der Waals surface area (Å²) in [6.45, 7) is 3.56. The van der Waals surface area contributed by atoms with Crippen molar-refractivity contribution in [3.05, 3.63) is 0 Å². The number of phosphoric acid groups is 1. The summed E-state index contributed by atoms with van der Waals surface area (Å²) in [5.74, 6) is -3.38. The first kappa shape index (κ1) is 24.0. The second-order valence-electron chi connectivity index (χ2n) is 5.66. The molecule has 160 valence electrons. The van der Waals surface area contributed by atoms with Crippen LogP contribution in [0.4, 0.5) is 0 Å². The van der Waals surface area contributed by atoms with Gasteiger partial charge in [0, 0.05) is 27.7 Å². The van der Waals surface area contributed by atoms with Gasteiger partial charge in [0.1, 0.15) is 12.7 Å². The standard InChI is InChI=1S/C14H21O13P/c1-6(15)22-5-10-11(23-7(2)16)12(24-8(3)17)13(25-9(4)18)14(26-10)27-28(19,20)21/h10-14H,5H2,1-4H3,(H2,19,20,21)/t10-,11-,12+,13-,14-/m1/s1/i5+1,10+1,11+1,12+1,13+1,14+1. The van der Waals surface area contributed by atoms with Crippen molar-refractivity contribution in [2.24, 2.45) is 0 Å². The number of carbonyl (C=O) groups excluding carboxylic acids is 4. The lowest BCUT2D eigenvalue weighted by atomic mass is 10.8. The molecular weight excluding hydrogens is 413 g/mol. The Labute approximate surface area is 159 Å². The largest absolute Gasteiger partial charge is 0.472 e. The molecule has 13 nitrogen and oxygen atoms in total. The van der Waals surface area contributed by atoms with Crippen LogP contribution in [0.2, 0.25) is 0 Å². The minimum absolute atomic E-state index is 0.543. The maximum absolute atomic E-state index is 11.5. The van der Waals surface area contributed by atoms with Gasteiger partial charge < -0.3 is 33.5 Å². The molecule has 1 heterocycles. The van der Waals surface area contributed by atoms with Gasteiger partial charge in [-0.1, -0.05) is 0 Å². The Morgan fingerprint density at radius 1 is 0.821 bits per heavy atom. The minimum atomic E-state index is -5.16. The average Bonchev–Trinajstić information content (AvgIpc) is 2.48. The molecule has 1 fully saturated rings. The molecule has 0 aromatic carbocycles. The lowest BCUT2D eigenvalue weighted by molar-refractivity contribution is -0.291. The third kappa shape index (κ3) is 7.90. The molecule has 28 heavy (non-hydrogen) atoms. The van der Waals surface area contributed by atoms with Gasteiger partial charge in [0.15, 0.2) is 18.3 Å². The van der Waals surface area contributed by atoms with E-state index in [1.807, 2.05) is 0 Å². The first-order valence-corrected chi connectivity index (χ1v) is 9.37. The lowest BCUT2D eigenvalue weighted by Crippen LogP contribution is -2.62. The van der Waals surface area contributed by atoms with E-state index >= 15 is 0 Å². The summed E-state index contributed by atoms with van der Waals surface area (Å²) in [5, 5.41) is 0. The van der Waals surface area contributed by atoms with Crippen molar-refractivity contribution in [2.75, 3.05) is 6.61 Å². The molecule has 0 unspecified atom stereocenters. The zero-order valence-electron chi connectivity index (χ0n) is 15.4. The van der Waals surface area contributed by atoms with Gasteiger partial charge in [-0.3, -0.25) is 23.7 Å². The highest BCUT2D eigenvalue weighted by atomic mass is 31.2. The first-order valence-electron chi connectivity index (χ1n) is 7.84. The predicted molar refractivity (Wildman–Crippen MR) is 85.1 cm³/mol. The van der Waals surface area contributed by atoms with Gasteiger partial charge in [-0.15, -0.1) is 0 Å². The number of hydrogen-bond donors (Lipinski definition) is 2. The highest BCUT2D eigenvalue weighted by Crippen LogP contribution is 2.42. The Kier molecular flexibility index (Phi) is 8.51. The van der Waals surface area contributed by atoms with Gasteiger partial charge in [-0.05, 0) is 0 Å². The number of rotatable bonds is 7. The molecule has 1 rings (SSSR count). The SMILES string of the molecule is CC(=O)O[13CH2][13C@H]1O[13C@H](OP(=O)(O)O)[13C@H](OC(C)=O)[13C@@H](OC(C)=O)[13C@@H]1OC(C)=O. The molecule has 0 amide bonds. The molecule has 1 aliphatic rings. The van der Waals surface area contributed by atoms with Crippen LogP contribution in [-0.2, 0) is 52.0 Å². The van der Waals surface area contributed by atoms with Crippen molar-refractivity contribution in [3.63, 3.8) is 0 Å². The van der Waals surface area contributed by atoms with Crippen molar-refractivity contribution in [1.82, 2.24) is 0 Å². The Balaban J connectivity index is 3.34. The van der Waals surface area contributed by atoms with Crippen molar-refractivity contribution in [1.29, 1.82) is 0 Å². The molecule has 0 saturated carbocycles. The second-order valence-corrected chi connectivity index (χ2v) is 6.86. The fraction of sp³-hybridized carbons (Fsp3) is 0.714. The molecule has 0 radical (unpaired) electrons. The third-order valence-corrected chi connectivity index (χ3v) is 3.67. The van der Waals surface area contributed by atoms with Crippen LogP contribution in [0.1, 0.15) is 27.7 Å². The number of carbonyl (C=O) groups is 4. The topological polar surface area (TPSA) is 181 Å². The molecule has 0 bridgehead atoms. The number of esters is 4. The molecule has 1 aliphatic heterocycles. The van der Waals surface area contributed by atoms with Crippen LogP contribution in [0.5, 0.6) is 0 Å². The van der Waals surface area contributed by atoms with Gasteiger partial charge in [-0.2, -0.15) is 0 Å². The van der Waals surface area contributed by atoms with E-state index in [0.29, 0.717) is 0 Å². The monoisotopic (exact) mass is 434 g/mol. The summed E-state index contributed by atoms with van der Waals surface area (Å²) in [4.78, 5) is 63.7. The summed E-state index contributed by atoms with van der Waals surface area (Å²) >= 11 is 0. The maximum atomic E-state index is 11.5. The van der Waals surface area contributed by atoms with Crippen molar-refractivity contribution >= 4 is 31.7 Å². The van der Waals surface area contributed by atoms with Gasteiger partial charge in [0.25, 0.3) is 0 Å². The summed E-state index contributed by atoms with van der Waals surface area (Å²) < 4.78 is 40.9. The second kappa shape index (κ2) is 9.94. The third-order valence-electron chi connectivity index (χ3n) is 3.19. The smallest absolute Gasteiger partial charge is 0.463 e. The van der Waals surface area contributed by atoms with E-state index in [0.717, 1.165) is 27.7 Å². The summed E-state index contributed by atoms with van der Waals surface area (Å²) in [6.07, 6.45) is -8.01. The van der Waals surface area contributed by atoms with Gasteiger partial charge in [-0.25, -0.2) is 4.57 Å². The normalized spacial score (nSPS) is 27.4. The predicted octanol–water partition coefficient (Wildman–Crippen LogP) is -0.821. The Hall–Kier alpha value is -2.05. The quantitative estimate of drug-likeness (QED) is 0.220. The summed E-state index contributed by atoms with van der Waals surface area (Å²) in [5.41, 5.74) is 0. The lowest BCUT2D eigenvalue weighted by Gasteiger charge is -2.43. The van der Waals surface area contributed by atoms with Crippen LogP contribution in [0.25, 0.3) is 0 Å². The van der Waals surface area contributed by atoms with Crippen LogP contribution in [0.3, 0.4) is 0 Å². The van der Waals surface area contributed by atoms with Gasteiger partial charge in [0.2, 0.25) is 6.29 Å². The van der Waals surface area contributed by atoms with Crippen LogP contribution in [0.15, 0.2) is 0 Å². The van der Waals surface area contributed by atoms with Gasteiger partial charge in [0.05, 0.1) is 0 Å². The highest BCUT2D eigenvalue weighted by Gasteiger charge is 2.54. The molecule has 1 saturated heterocycles. The van der Waals surface area contributed by atoms with E-state index in [4.69, 9.17) is 33.5 Å². The molecule has 0 aliphatic carbocycles. The highest BCUT2D eigenvalue weighted by molar-refractivity contribution is 7.46. The molecule has 0 aromatic heterocycles. The number of phosphoric ester groups is 1. The molecule has 0 spiro atoms. The van der Waals surface area contributed by atoms with Crippen LogP contribution >= 0.6 is 7.82 Å². The Morgan fingerprint density at radius 3 is 1.71 bits per heavy atom. The van der Waals surface area contributed by atoms with Crippen LogP contribution < -0.4 is 0 Å². The average molecular weight is 434 g/mol. The van der Waals surface area contributed by atoms with Gasteiger partial charge >= 0.3 is 31.7 Å². The zero-order valence-corrected chi connectivity index (χ0v) is 16.3. The minimum Gasteiger partial charge on any atom is -0.463 e. The van der Waals surface area contributed by atoms with Crippen molar-refractivity contribution < 1.29 is 61.7 Å². The summed E-state index contributed by atoms with van der Waals surface area (Å²) in [7, 11) is -5.16. The maximum Gasteiger partial charge on any atom is 0.472 e. The van der Waals surface area contributed by atoms with E-state index < -0.39 is 69.0 Å². The first-order chi connectivity index (χ1) is 12.8. The summed E-state index contributed by atoms with van der Waals surface area (Å²) in [6, 6.07) is 0. The Morgan fingerprint density at radius 2 is 1.29 bits per heavy atom. The van der Waals surface area contributed by atoms with Crippen LogP contribution in [0, 0.1) is 0 Å². The number of hydrogen-bond acceptors (Lipinski definition) is 11. The van der Waals surface area contributed by atoms with Crippen molar-refractivity contribution in [3.8, 4) is 0 Å². The zero-order chi connectivity index (χ0) is 21.6. The molecule has 14 heteroatoms. The fourth-order valence-electron chi connectivity index (χ4n) is 2.41. The Bertz CT molecular complexity index is 656. The van der Waals surface area contributed by atoms with E-state index in [1.54, 1.807) is 0 Å². The van der Waals surface area contributed by atoms with Crippen molar-refractivity contribution in [2.45, 2.75) is 58.4 Å². The van der Waals surface area contributed by atoms with E-state index in [1.165, 1.54) is 0 Å². The fourth-order valence-corrected chi connectivity index (χ4v) is 2.85. The van der Waals surface area contributed by atoms with E-state index in [-0.39, 0.29) is 0 Å². The molecular formula is C14H21O13P.